The maximum atomic E-state index is 12.7. The predicted molar refractivity (Wildman–Crippen MR) is 105 cm³/mol. The van der Waals surface area contributed by atoms with Crippen LogP contribution >= 0.6 is 0 Å². The third-order valence-electron chi connectivity index (χ3n) is 4.40. The van der Waals surface area contributed by atoms with Crippen molar-refractivity contribution >= 4 is 34.8 Å². The molecule has 30 heavy (non-hydrogen) atoms. The van der Waals surface area contributed by atoms with Crippen LogP contribution < -0.4 is 5.32 Å². The Hall–Kier alpha value is -3.80. The Morgan fingerprint density at radius 2 is 2.13 bits per heavy atom. The Kier molecular flexibility index (Phi) is 8.44. The lowest BCUT2D eigenvalue weighted by Crippen LogP contribution is -2.47. The number of aromatic nitrogens is 1. The van der Waals surface area contributed by atoms with Crippen LogP contribution in [-0.2, 0) is 25.5 Å². The summed E-state index contributed by atoms with van der Waals surface area (Å²) in [5.74, 6) is -2.53. The number of aromatic amines is 1. The summed E-state index contributed by atoms with van der Waals surface area (Å²) in [6.45, 7) is 0.0140. The fourth-order valence-electron chi connectivity index (χ4n) is 2.91. The van der Waals surface area contributed by atoms with E-state index in [1.165, 1.54) is 0 Å². The van der Waals surface area contributed by atoms with Gasteiger partial charge in [-0.05, 0) is 18.1 Å². The summed E-state index contributed by atoms with van der Waals surface area (Å²) in [6, 6.07) is 8.11. The second-order valence-corrected chi connectivity index (χ2v) is 6.48. The second-order valence-electron chi connectivity index (χ2n) is 6.48. The van der Waals surface area contributed by atoms with Gasteiger partial charge in [-0.15, -0.1) is 0 Å². The van der Waals surface area contributed by atoms with Gasteiger partial charge in [-0.1, -0.05) is 18.2 Å². The van der Waals surface area contributed by atoms with Crippen molar-refractivity contribution in [2.45, 2.75) is 37.8 Å². The smallest absolute Gasteiger partial charge is 0.326 e. The molecule has 0 bridgehead atoms. The minimum absolute atomic E-state index is 0.0140. The number of hydrogen-bond acceptors (Lipinski definition) is 5. The Bertz CT molecular complexity index is 1000. The molecule has 3 N–H and O–H groups in total. The van der Waals surface area contributed by atoms with Gasteiger partial charge in [0.15, 0.2) is 0 Å². The molecule has 156 valence electrons. The van der Waals surface area contributed by atoms with E-state index in [2.05, 4.69) is 15.1 Å². The van der Waals surface area contributed by atoms with E-state index in [0.29, 0.717) is 6.21 Å². The molecule has 0 saturated heterocycles. The van der Waals surface area contributed by atoms with Gasteiger partial charge >= 0.3 is 12.2 Å². The molecule has 1 aromatic carbocycles. The number of nitrogens with zero attached hydrogens (tertiary/aromatic N) is 3. The second kappa shape index (κ2) is 11.3. The first-order valence-corrected chi connectivity index (χ1v) is 9.23. The summed E-state index contributed by atoms with van der Waals surface area (Å²) in [4.78, 5) is 41.3. The number of Topliss-reactive ketones (excluding diaryl/α,β-unsaturated/α-hetero) is 1. The number of benzene rings is 1. The number of aliphatic carboxylic acids is 1. The van der Waals surface area contributed by atoms with Crippen molar-refractivity contribution in [3.63, 3.8) is 0 Å². The molecule has 0 aliphatic carbocycles. The van der Waals surface area contributed by atoms with Crippen molar-refractivity contribution in [2.24, 2.45) is 0 Å². The van der Waals surface area contributed by atoms with Crippen molar-refractivity contribution in [1.29, 1.82) is 5.26 Å². The first kappa shape index (κ1) is 22.5. The van der Waals surface area contributed by atoms with Gasteiger partial charge in [-0.25, -0.2) is 4.79 Å². The Labute approximate surface area is 172 Å². The summed E-state index contributed by atoms with van der Waals surface area (Å²) in [6.07, 6.45) is 1.26. The van der Waals surface area contributed by atoms with Crippen molar-refractivity contribution in [3.8, 4) is 6.07 Å². The van der Waals surface area contributed by atoms with Gasteiger partial charge in [0.2, 0.25) is 11.7 Å². The van der Waals surface area contributed by atoms with Crippen molar-refractivity contribution in [2.75, 3.05) is 6.61 Å². The first-order valence-electron chi connectivity index (χ1n) is 9.23. The molecule has 2 aromatic rings. The van der Waals surface area contributed by atoms with Crippen LogP contribution in [0.5, 0.6) is 0 Å². The minimum atomic E-state index is -1.32. The zero-order valence-corrected chi connectivity index (χ0v) is 16.1. The van der Waals surface area contributed by atoms with Crippen molar-refractivity contribution in [1.82, 2.24) is 10.3 Å². The molecular formula is C20H21N5O5. The number of rotatable bonds is 12. The number of amides is 1. The number of hydrogen-bond donors (Lipinski definition) is 3. The van der Waals surface area contributed by atoms with E-state index in [1.54, 1.807) is 6.20 Å². The number of carboxylic acids is 1. The monoisotopic (exact) mass is 411 g/mol. The predicted octanol–water partition coefficient (Wildman–Crippen LogP) is 1.23. The molecule has 1 heterocycles. The van der Waals surface area contributed by atoms with Crippen LogP contribution in [0.25, 0.3) is 16.4 Å². The van der Waals surface area contributed by atoms with E-state index in [9.17, 15) is 19.5 Å². The lowest BCUT2D eigenvalue weighted by molar-refractivity contribution is -0.144. The van der Waals surface area contributed by atoms with Crippen LogP contribution in [0.1, 0.15) is 24.8 Å². The van der Waals surface area contributed by atoms with Gasteiger partial charge in [-0.2, -0.15) is 10.1 Å². The molecule has 0 saturated carbocycles. The Morgan fingerprint density at radius 1 is 1.37 bits per heavy atom. The quantitative estimate of drug-likeness (QED) is 0.205. The lowest BCUT2D eigenvalue weighted by Gasteiger charge is -2.20. The fraction of sp³-hybridized carbons (Fsp3) is 0.350. The maximum Gasteiger partial charge on any atom is 0.326 e. The van der Waals surface area contributed by atoms with Crippen LogP contribution in [0.15, 0.2) is 30.5 Å². The number of H-pyrrole nitrogens is 1. The SMILES string of the molecule is N#CCCO[C@@H](Cc1c[nH]c2ccccc12)C(=O)N[C@@H](CCC(=O)C=[N+]=[N-])C(=O)O. The number of nitrogens with one attached hydrogen (secondary N) is 2. The van der Waals surface area contributed by atoms with Gasteiger partial charge in [0.05, 0.1) is 19.1 Å². The van der Waals surface area contributed by atoms with E-state index in [0.717, 1.165) is 16.5 Å². The van der Waals surface area contributed by atoms with Crippen molar-refractivity contribution < 1.29 is 29.0 Å². The number of para-hydroxylation sites is 1. The lowest BCUT2D eigenvalue weighted by atomic mass is 10.0. The number of carbonyl (C=O) groups is 3. The molecule has 0 unspecified atom stereocenters. The molecule has 2 atom stereocenters. The summed E-state index contributed by atoms with van der Waals surface area (Å²) in [5.41, 5.74) is 10.0. The zero-order chi connectivity index (χ0) is 21.9. The molecule has 0 aliphatic heterocycles. The van der Waals surface area contributed by atoms with E-state index < -0.39 is 29.8 Å². The molecule has 0 spiro atoms. The number of ether oxygens (including phenoxy) is 1. The highest BCUT2D eigenvalue weighted by Gasteiger charge is 2.27. The van der Waals surface area contributed by atoms with Crippen molar-refractivity contribution in [3.05, 3.63) is 41.6 Å². The molecule has 10 heteroatoms. The highest BCUT2D eigenvalue weighted by Crippen LogP contribution is 2.20. The van der Waals surface area contributed by atoms with E-state index >= 15 is 0 Å². The van der Waals surface area contributed by atoms with Crippen LogP contribution in [0, 0.1) is 11.3 Å². The van der Waals surface area contributed by atoms with Gasteiger partial charge in [-0.3, -0.25) is 9.59 Å². The van der Waals surface area contributed by atoms with E-state index in [4.69, 9.17) is 15.5 Å². The summed E-state index contributed by atoms with van der Waals surface area (Å²) < 4.78 is 5.55. The zero-order valence-electron chi connectivity index (χ0n) is 16.1. The van der Waals surface area contributed by atoms with Gasteiger partial charge in [0.1, 0.15) is 12.1 Å². The fourth-order valence-corrected chi connectivity index (χ4v) is 2.91. The van der Waals surface area contributed by atoms with Crippen LogP contribution in [0.2, 0.25) is 0 Å². The number of carbonyl (C=O) groups excluding carboxylic acids is 2. The molecule has 1 aromatic heterocycles. The van der Waals surface area contributed by atoms with Crippen LogP contribution in [0.3, 0.4) is 0 Å². The number of nitriles is 1. The molecule has 0 aliphatic rings. The third-order valence-corrected chi connectivity index (χ3v) is 4.40. The van der Waals surface area contributed by atoms with Gasteiger partial charge in [0, 0.05) is 29.9 Å². The molecule has 0 radical (unpaired) electrons. The largest absolute Gasteiger partial charge is 0.480 e. The van der Waals surface area contributed by atoms with Gasteiger partial charge in [0.25, 0.3) is 0 Å². The Morgan fingerprint density at radius 3 is 2.83 bits per heavy atom. The third kappa shape index (κ3) is 6.38. The molecule has 1 amide bonds. The van der Waals surface area contributed by atoms with Crippen LogP contribution in [-0.4, -0.2) is 57.5 Å². The summed E-state index contributed by atoms with van der Waals surface area (Å²) in [7, 11) is 0. The molecule has 0 fully saturated rings. The highest BCUT2D eigenvalue weighted by atomic mass is 16.5. The normalized spacial score (nSPS) is 12.4. The summed E-state index contributed by atoms with van der Waals surface area (Å²) >= 11 is 0. The average molecular weight is 411 g/mol. The topological polar surface area (TPSA) is 169 Å². The number of ketones is 1. The number of fused-ring (bicyclic) bond motifs is 1. The first-order chi connectivity index (χ1) is 14.5. The standard InChI is InChI=1S/C20H21N5O5/c21-8-3-9-30-18(10-13-11-23-16-5-2-1-4-15(13)16)19(27)25-17(20(28)29)7-6-14(26)12-24-22/h1-2,4-5,11-12,17-18,23H,3,6-7,9-10H2,(H,25,27)(H,28,29)/t17-,18-/m0/s1. The minimum Gasteiger partial charge on any atom is -0.480 e. The van der Waals surface area contributed by atoms with Crippen LogP contribution in [0.4, 0.5) is 0 Å². The van der Waals surface area contributed by atoms with E-state index in [1.807, 2.05) is 30.3 Å². The van der Waals surface area contributed by atoms with E-state index in [-0.39, 0.29) is 32.3 Å². The average Bonchev–Trinajstić information content (AvgIpc) is 3.13. The Balaban J connectivity index is 2.12. The molecule has 10 nitrogen and oxygen atoms in total. The summed E-state index contributed by atoms with van der Waals surface area (Å²) in [5, 5.41) is 21.4. The number of carboxylic acid groups (broad SMARTS) is 1. The molecular weight excluding hydrogens is 390 g/mol. The maximum absolute atomic E-state index is 12.7. The molecule has 2 rings (SSSR count). The van der Waals surface area contributed by atoms with Gasteiger partial charge < -0.3 is 25.7 Å². The highest BCUT2D eigenvalue weighted by molar-refractivity contribution is 6.25.